The first kappa shape index (κ1) is 19.8. The third-order valence-electron chi connectivity index (χ3n) is 5.09. The van der Waals surface area contributed by atoms with Crippen molar-refractivity contribution in [2.75, 3.05) is 24.7 Å². The summed E-state index contributed by atoms with van der Waals surface area (Å²) in [7, 11) is -3.43. The highest BCUT2D eigenvalue weighted by Crippen LogP contribution is 2.37. The van der Waals surface area contributed by atoms with Crippen molar-refractivity contribution in [3.8, 4) is 0 Å². The predicted octanol–water partition coefficient (Wildman–Crippen LogP) is 3.74. The van der Waals surface area contributed by atoms with Crippen molar-refractivity contribution in [2.24, 2.45) is 0 Å². The topological polar surface area (TPSA) is 66.5 Å². The molecule has 0 saturated heterocycles. The second-order valence-corrected chi connectivity index (χ2v) is 10.1. The van der Waals surface area contributed by atoms with Crippen LogP contribution in [0.25, 0.3) is 0 Å². The Labute approximate surface area is 174 Å². The number of amides is 1. The Morgan fingerprint density at radius 1 is 1.10 bits per heavy atom. The maximum absolute atomic E-state index is 12.8. The molecule has 0 unspecified atom stereocenters. The van der Waals surface area contributed by atoms with Gasteiger partial charge in [0.2, 0.25) is 5.91 Å². The minimum atomic E-state index is -3.43. The molecule has 2 aromatic carbocycles. The van der Waals surface area contributed by atoms with Gasteiger partial charge in [0.15, 0.2) is 9.84 Å². The van der Waals surface area contributed by atoms with Gasteiger partial charge in [-0.15, -0.1) is 11.3 Å². The molecule has 5 nitrogen and oxygen atoms in total. The largest absolute Gasteiger partial charge is 0.324 e. The fraction of sp³-hybridized carbons (Fsp3) is 0.227. The lowest BCUT2D eigenvalue weighted by atomic mass is 9.93. The minimum absolute atomic E-state index is 0.0158. The predicted molar refractivity (Wildman–Crippen MR) is 116 cm³/mol. The number of carbonyl (C=O) groups is 1. The maximum atomic E-state index is 12.8. The van der Waals surface area contributed by atoms with E-state index in [1.165, 1.54) is 16.5 Å². The zero-order chi connectivity index (χ0) is 20.4. The molecule has 0 saturated carbocycles. The number of hydrogen-bond donors (Lipinski definition) is 1. The number of hydrogen-bond acceptors (Lipinski definition) is 5. The normalized spacial score (nSPS) is 16.9. The van der Waals surface area contributed by atoms with Crippen LogP contribution in [0.2, 0.25) is 0 Å². The molecule has 0 fully saturated rings. The Morgan fingerprint density at radius 2 is 1.83 bits per heavy atom. The number of carbonyl (C=O) groups excluding carboxylic acids is 1. The van der Waals surface area contributed by atoms with Gasteiger partial charge >= 0.3 is 0 Å². The summed E-state index contributed by atoms with van der Waals surface area (Å²) in [6, 6.07) is 18.8. The van der Waals surface area contributed by atoms with Gasteiger partial charge in [-0.2, -0.15) is 0 Å². The van der Waals surface area contributed by atoms with Gasteiger partial charge in [-0.25, -0.2) is 8.42 Å². The fourth-order valence-corrected chi connectivity index (χ4v) is 5.58. The molecule has 4 rings (SSSR count). The Hall–Kier alpha value is -2.48. The second-order valence-electron chi connectivity index (χ2n) is 7.15. The highest BCUT2D eigenvalue weighted by molar-refractivity contribution is 7.90. The molecule has 3 aromatic rings. The molecule has 0 spiro atoms. The highest BCUT2D eigenvalue weighted by Gasteiger charge is 2.31. The second kappa shape index (κ2) is 8.10. The highest BCUT2D eigenvalue weighted by atomic mass is 32.2. The van der Waals surface area contributed by atoms with Crippen LogP contribution < -0.4 is 5.32 Å². The van der Waals surface area contributed by atoms with Crippen molar-refractivity contribution in [3.63, 3.8) is 0 Å². The van der Waals surface area contributed by atoms with E-state index in [0.29, 0.717) is 5.69 Å². The van der Waals surface area contributed by atoms with Gasteiger partial charge in [0.25, 0.3) is 0 Å². The smallest absolute Gasteiger partial charge is 0.238 e. The van der Waals surface area contributed by atoms with Gasteiger partial charge in [0, 0.05) is 17.7 Å². The van der Waals surface area contributed by atoms with E-state index in [2.05, 4.69) is 33.8 Å². The average molecular weight is 427 g/mol. The van der Waals surface area contributed by atoms with Crippen molar-refractivity contribution in [1.29, 1.82) is 0 Å². The van der Waals surface area contributed by atoms with Crippen LogP contribution in [0, 0.1) is 0 Å². The molecule has 1 aliphatic rings. The van der Waals surface area contributed by atoms with E-state index in [9.17, 15) is 13.2 Å². The first-order valence-electron chi connectivity index (χ1n) is 9.37. The molecule has 7 heteroatoms. The van der Waals surface area contributed by atoms with Crippen LogP contribution in [0.1, 0.15) is 22.0 Å². The molecule has 2 heterocycles. The van der Waals surface area contributed by atoms with Gasteiger partial charge in [-0.05, 0) is 41.1 Å². The van der Waals surface area contributed by atoms with Crippen LogP contribution in [0.15, 0.2) is 70.9 Å². The number of anilines is 1. The zero-order valence-electron chi connectivity index (χ0n) is 16.0. The van der Waals surface area contributed by atoms with Crippen molar-refractivity contribution >= 4 is 32.8 Å². The number of fused-ring (bicyclic) bond motifs is 1. The summed E-state index contributed by atoms with van der Waals surface area (Å²) in [5.41, 5.74) is 2.72. The molecule has 1 atom stereocenters. The number of sulfone groups is 1. The van der Waals surface area contributed by atoms with E-state index in [1.54, 1.807) is 29.5 Å². The number of nitrogens with zero attached hydrogens (tertiary/aromatic N) is 1. The third-order valence-corrected chi connectivity index (χ3v) is 7.24. The van der Waals surface area contributed by atoms with Crippen LogP contribution in [0.3, 0.4) is 0 Å². The molecule has 0 aliphatic carbocycles. The van der Waals surface area contributed by atoms with E-state index in [1.807, 2.05) is 18.2 Å². The summed E-state index contributed by atoms with van der Waals surface area (Å²) < 4.78 is 24.0. The lowest BCUT2D eigenvalue weighted by Crippen LogP contribution is -2.40. The van der Waals surface area contributed by atoms with Crippen LogP contribution >= 0.6 is 11.3 Å². The molecule has 29 heavy (non-hydrogen) atoms. The molecule has 1 aliphatic heterocycles. The van der Waals surface area contributed by atoms with Gasteiger partial charge in [0.05, 0.1) is 23.2 Å². The van der Waals surface area contributed by atoms with Gasteiger partial charge in [0.1, 0.15) is 0 Å². The lowest BCUT2D eigenvalue weighted by molar-refractivity contribution is -0.117. The van der Waals surface area contributed by atoms with Gasteiger partial charge in [-0.1, -0.05) is 42.5 Å². The van der Waals surface area contributed by atoms with Gasteiger partial charge in [-0.3, -0.25) is 9.69 Å². The van der Waals surface area contributed by atoms with E-state index in [0.717, 1.165) is 24.8 Å². The summed E-state index contributed by atoms with van der Waals surface area (Å²) >= 11 is 1.76. The Kier molecular flexibility index (Phi) is 5.54. The number of thiophene rings is 1. The molecule has 1 amide bonds. The van der Waals surface area contributed by atoms with Crippen LogP contribution in [0.4, 0.5) is 5.69 Å². The van der Waals surface area contributed by atoms with Crippen LogP contribution in [-0.4, -0.2) is 38.6 Å². The van der Waals surface area contributed by atoms with E-state index in [4.69, 9.17) is 0 Å². The summed E-state index contributed by atoms with van der Waals surface area (Å²) in [4.78, 5) is 16.5. The van der Waals surface area contributed by atoms with Crippen molar-refractivity contribution in [2.45, 2.75) is 17.4 Å². The maximum Gasteiger partial charge on any atom is 0.238 e. The standard InChI is InChI=1S/C22H22N2O3S2/c1-29(26,27)20-10-6-5-9-18(20)23-21(25)15-24-13-11-19-17(12-14-28-19)22(24)16-7-3-2-4-8-16/h2-10,12,14,22H,11,13,15H2,1H3,(H,23,25)/t22-/m0/s1. The van der Waals surface area contributed by atoms with Crippen molar-refractivity contribution in [1.82, 2.24) is 4.90 Å². The van der Waals surface area contributed by atoms with Crippen LogP contribution in [-0.2, 0) is 21.1 Å². The molecular formula is C22H22N2O3S2. The molecule has 0 bridgehead atoms. The van der Waals surface area contributed by atoms with E-state index in [-0.39, 0.29) is 23.4 Å². The summed E-state index contributed by atoms with van der Waals surface area (Å²) in [6.45, 7) is 0.959. The Balaban J connectivity index is 1.58. The quantitative estimate of drug-likeness (QED) is 0.675. The van der Waals surface area contributed by atoms with E-state index >= 15 is 0 Å². The van der Waals surface area contributed by atoms with E-state index < -0.39 is 9.84 Å². The SMILES string of the molecule is CS(=O)(=O)c1ccccc1NC(=O)CN1CCc2sccc2[C@@H]1c1ccccc1. The summed E-state index contributed by atoms with van der Waals surface area (Å²) in [6.07, 6.45) is 2.05. The molecule has 1 aromatic heterocycles. The minimum Gasteiger partial charge on any atom is -0.324 e. The third kappa shape index (κ3) is 4.27. The monoisotopic (exact) mass is 426 g/mol. The van der Waals surface area contributed by atoms with Gasteiger partial charge < -0.3 is 5.32 Å². The first-order valence-corrected chi connectivity index (χ1v) is 12.1. The average Bonchev–Trinajstić information content (AvgIpc) is 3.17. The lowest BCUT2D eigenvalue weighted by Gasteiger charge is -2.35. The van der Waals surface area contributed by atoms with Crippen molar-refractivity contribution in [3.05, 3.63) is 82.0 Å². The molecule has 0 radical (unpaired) electrons. The molecular weight excluding hydrogens is 404 g/mol. The Morgan fingerprint density at radius 3 is 2.59 bits per heavy atom. The number of rotatable bonds is 5. The number of nitrogens with one attached hydrogen (secondary N) is 1. The zero-order valence-corrected chi connectivity index (χ0v) is 17.7. The van der Waals surface area contributed by atoms with Crippen molar-refractivity contribution < 1.29 is 13.2 Å². The Bertz CT molecular complexity index is 1120. The first-order chi connectivity index (χ1) is 13.9. The molecule has 150 valence electrons. The summed E-state index contributed by atoms with van der Waals surface area (Å²) in [5, 5.41) is 4.90. The fourth-order valence-electron chi connectivity index (χ4n) is 3.83. The number of benzene rings is 2. The summed E-state index contributed by atoms with van der Waals surface area (Å²) in [5.74, 6) is -0.222. The number of para-hydroxylation sites is 1. The van der Waals surface area contributed by atoms with Crippen LogP contribution in [0.5, 0.6) is 0 Å². The molecule has 1 N–H and O–H groups in total.